The summed E-state index contributed by atoms with van der Waals surface area (Å²) in [5.41, 5.74) is 1.62. The van der Waals surface area contributed by atoms with Crippen molar-refractivity contribution in [3.63, 3.8) is 0 Å². The van der Waals surface area contributed by atoms with Gasteiger partial charge < -0.3 is 19.1 Å². The van der Waals surface area contributed by atoms with Gasteiger partial charge in [0.2, 0.25) is 0 Å². The molecule has 2 fully saturated rings. The van der Waals surface area contributed by atoms with Crippen molar-refractivity contribution in [2.24, 2.45) is 0 Å². The van der Waals surface area contributed by atoms with Crippen LogP contribution in [0.3, 0.4) is 0 Å². The number of likely N-dealkylation sites (N-methyl/N-ethyl adjacent to an activating group) is 1. The van der Waals surface area contributed by atoms with Crippen LogP contribution in [0, 0.1) is 0 Å². The fraction of sp³-hybridized carbons (Fsp3) is 0.714. The van der Waals surface area contributed by atoms with Crippen molar-refractivity contribution in [3.05, 3.63) is 29.8 Å². The summed E-state index contributed by atoms with van der Waals surface area (Å²) in [5.74, 6) is 0.975. The van der Waals surface area contributed by atoms with Crippen LogP contribution >= 0.6 is 0 Å². The predicted octanol–water partition coefficient (Wildman–Crippen LogP) is 2.40. The number of hydrogen-bond donors (Lipinski definition) is 0. The van der Waals surface area contributed by atoms with Gasteiger partial charge in [-0.15, -0.1) is 0 Å². The fourth-order valence-corrected chi connectivity index (χ4v) is 4.11. The predicted molar refractivity (Wildman–Crippen MR) is 104 cm³/mol. The standard InChI is InChI=1S/C21H34N2O3/c1-22(2)18-21(8-14-24-15-9-21)19-4-6-20(7-5-19)26-13-3-10-23-11-16-25-17-12-23/h4-7H,3,8-18H2,1-2H3. The van der Waals surface area contributed by atoms with E-state index < -0.39 is 0 Å². The lowest BCUT2D eigenvalue weighted by molar-refractivity contribution is 0.0357. The van der Waals surface area contributed by atoms with E-state index >= 15 is 0 Å². The molecule has 2 aliphatic heterocycles. The molecule has 5 nitrogen and oxygen atoms in total. The van der Waals surface area contributed by atoms with Crippen molar-refractivity contribution >= 4 is 0 Å². The fourth-order valence-electron chi connectivity index (χ4n) is 4.11. The van der Waals surface area contributed by atoms with E-state index in [1.807, 2.05) is 0 Å². The molecule has 0 amide bonds. The average Bonchev–Trinajstić information content (AvgIpc) is 2.67. The SMILES string of the molecule is CN(C)CC1(c2ccc(OCCCN3CCOCC3)cc2)CCOCC1. The Kier molecular flexibility index (Phi) is 7.32. The first-order valence-electron chi connectivity index (χ1n) is 9.94. The van der Waals surface area contributed by atoms with Gasteiger partial charge in [0.1, 0.15) is 5.75 Å². The topological polar surface area (TPSA) is 34.2 Å². The van der Waals surface area contributed by atoms with Gasteiger partial charge in [0.25, 0.3) is 0 Å². The molecule has 1 aromatic rings. The Hall–Kier alpha value is -1.14. The highest BCUT2D eigenvalue weighted by molar-refractivity contribution is 5.33. The van der Waals surface area contributed by atoms with Crippen LogP contribution in [0.15, 0.2) is 24.3 Å². The molecule has 0 atom stereocenters. The van der Waals surface area contributed by atoms with E-state index in [9.17, 15) is 0 Å². The summed E-state index contributed by atoms with van der Waals surface area (Å²) < 4.78 is 17.0. The minimum Gasteiger partial charge on any atom is -0.494 e. The molecule has 1 aromatic carbocycles. The minimum atomic E-state index is 0.205. The first kappa shape index (κ1) is 19.6. The van der Waals surface area contributed by atoms with Crippen LogP contribution in [-0.4, -0.2) is 83.1 Å². The number of rotatable bonds is 8. The molecular formula is C21H34N2O3. The summed E-state index contributed by atoms with van der Waals surface area (Å²) in [6.45, 7) is 8.46. The molecule has 0 spiro atoms. The van der Waals surface area contributed by atoms with Crippen molar-refractivity contribution in [3.8, 4) is 5.75 Å². The second-order valence-electron chi connectivity index (χ2n) is 7.81. The van der Waals surface area contributed by atoms with Crippen molar-refractivity contribution in [2.75, 3.05) is 73.3 Å². The highest BCUT2D eigenvalue weighted by Gasteiger charge is 2.34. The van der Waals surface area contributed by atoms with E-state index in [4.69, 9.17) is 14.2 Å². The van der Waals surface area contributed by atoms with Crippen LogP contribution < -0.4 is 4.74 Å². The van der Waals surface area contributed by atoms with Gasteiger partial charge in [0, 0.05) is 44.8 Å². The average molecular weight is 363 g/mol. The molecule has 0 radical (unpaired) electrons. The Labute approximate surface area is 158 Å². The normalized spacial score (nSPS) is 21.0. The number of benzene rings is 1. The quantitative estimate of drug-likeness (QED) is 0.664. The Balaban J connectivity index is 1.50. The Morgan fingerprint density at radius 2 is 1.65 bits per heavy atom. The Morgan fingerprint density at radius 3 is 2.31 bits per heavy atom. The third kappa shape index (κ3) is 5.43. The molecular weight excluding hydrogens is 328 g/mol. The van der Waals surface area contributed by atoms with Crippen molar-refractivity contribution in [1.29, 1.82) is 0 Å². The highest BCUT2D eigenvalue weighted by atomic mass is 16.5. The molecule has 0 N–H and O–H groups in total. The maximum absolute atomic E-state index is 5.96. The van der Waals surface area contributed by atoms with E-state index in [-0.39, 0.29) is 5.41 Å². The Morgan fingerprint density at radius 1 is 1.00 bits per heavy atom. The molecule has 3 rings (SSSR count). The monoisotopic (exact) mass is 362 g/mol. The summed E-state index contributed by atoms with van der Waals surface area (Å²) in [4.78, 5) is 4.74. The van der Waals surface area contributed by atoms with Gasteiger partial charge >= 0.3 is 0 Å². The van der Waals surface area contributed by atoms with Crippen LogP contribution in [0.25, 0.3) is 0 Å². The first-order chi connectivity index (χ1) is 12.7. The van der Waals surface area contributed by atoms with Gasteiger partial charge in [0.15, 0.2) is 0 Å². The summed E-state index contributed by atoms with van der Waals surface area (Å²) >= 11 is 0. The van der Waals surface area contributed by atoms with Crippen LogP contribution in [0.4, 0.5) is 0 Å². The van der Waals surface area contributed by atoms with E-state index in [0.29, 0.717) is 0 Å². The van der Waals surface area contributed by atoms with E-state index in [1.54, 1.807) is 0 Å². The molecule has 5 heteroatoms. The number of hydrogen-bond acceptors (Lipinski definition) is 5. The van der Waals surface area contributed by atoms with Gasteiger partial charge in [-0.1, -0.05) is 12.1 Å². The number of morpholine rings is 1. The summed E-state index contributed by atoms with van der Waals surface area (Å²) in [6.07, 6.45) is 3.24. The molecule has 0 aliphatic carbocycles. The van der Waals surface area contributed by atoms with Crippen LogP contribution in [-0.2, 0) is 14.9 Å². The van der Waals surface area contributed by atoms with Gasteiger partial charge in [-0.3, -0.25) is 4.90 Å². The lowest BCUT2D eigenvalue weighted by atomic mass is 9.74. The van der Waals surface area contributed by atoms with Crippen molar-refractivity contribution < 1.29 is 14.2 Å². The largest absolute Gasteiger partial charge is 0.494 e. The highest BCUT2D eigenvalue weighted by Crippen LogP contribution is 2.36. The number of nitrogens with zero attached hydrogens (tertiary/aromatic N) is 2. The molecule has 26 heavy (non-hydrogen) atoms. The third-order valence-electron chi connectivity index (χ3n) is 5.53. The van der Waals surface area contributed by atoms with Crippen LogP contribution in [0.2, 0.25) is 0 Å². The molecule has 2 heterocycles. The Bertz CT molecular complexity index is 521. The molecule has 0 aromatic heterocycles. The van der Waals surface area contributed by atoms with E-state index in [2.05, 4.69) is 48.2 Å². The zero-order chi connectivity index (χ0) is 18.2. The van der Waals surface area contributed by atoms with Gasteiger partial charge in [-0.05, 0) is 51.1 Å². The lowest BCUT2D eigenvalue weighted by Gasteiger charge is -2.39. The molecule has 2 saturated heterocycles. The maximum atomic E-state index is 5.96. The molecule has 146 valence electrons. The maximum Gasteiger partial charge on any atom is 0.119 e. The molecule has 0 unspecified atom stereocenters. The lowest BCUT2D eigenvalue weighted by Crippen LogP contribution is -2.42. The van der Waals surface area contributed by atoms with Crippen LogP contribution in [0.5, 0.6) is 5.75 Å². The summed E-state index contributed by atoms with van der Waals surface area (Å²) in [5, 5.41) is 0. The van der Waals surface area contributed by atoms with Crippen LogP contribution in [0.1, 0.15) is 24.8 Å². The first-order valence-corrected chi connectivity index (χ1v) is 9.94. The molecule has 2 aliphatic rings. The second-order valence-corrected chi connectivity index (χ2v) is 7.81. The zero-order valence-electron chi connectivity index (χ0n) is 16.4. The van der Waals surface area contributed by atoms with Gasteiger partial charge in [-0.25, -0.2) is 0 Å². The summed E-state index contributed by atoms with van der Waals surface area (Å²) in [7, 11) is 4.31. The molecule has 0 saturated carbocycles. The van der Waals surface area contributed by atoms with Gasteiger partial charge in [0.05, 0.1) is 19.8 Å². The van der Waals surface area contributed by atoms with E-state index in [1.165, 1.54) is 5.56 Å². The smallest absolute Gasteiger partial charge is 0.119 e. The zero-order valence-corrected chi connectivity index (χ0v) is 16.4. The molecule has 0 bridgehead atoms. The minimum absolute atomic E-state index is 0.205. The van der Waals surface area contributed by atoms with E-state index in [0.717, 1.165) is 84.2 Å². The van der Waals surface area contributed by atoms with Crippen molar-refractivity contribution in [2.45, 2.75) is 24.7 Å². The summed E-state index contributed by atoms with van der Waals surface area (Å²) in [6, 6.07) is 8.78. The number of ether oxygens (including phenoxy) is 3. The third-order valence-corrected chi connectivity index (χ3v) is 5.53. The van der Waals surface area contributed by atoms with Crippen molar-refractivity contribution in [1.82, 2.24) is 9.80 Å². The second kappa shape index (κ2) is 9.70. The van der Waals surface area contributed by atoms with Gasteiger partial charge in [-0.2, -0.15) is 0 Å².